The highest BCUT2D eigenvalue weighted by Gasteiger charge is 2.25. The maximum absolute atomic E-state index is 12.6. The van der Waals surface area contributed by atoms with Crippen LogP contribution in [0.15, 0.2) is 47.5 Å². The van der Waals surface area contributed by atoms with Crippen molar-refractivity contribution in [3.8, 4) is 0 Å². The highest BCUT2D eigenvalue weighted by molar-refractivity contribution is 7.99. The molecule has 0 radical (unpaired) electrons. The molecular formula is C19H20N4O2S. The number of thioether (sulfide) groups is 1. The van der Waals surface area contributed by atoms with Crippen LogP contribution < -0.4 is 15.5 Å². The van der Waals surface area contributed by atoms with E-state index in [2.05, 4.69) is 20.5 Å². The Balaban J connectivity index is 1.42. The van der Waals surface area contributed by atoms with Crippen LogP contribution in [0.1, 0.15) is 23.2 Å². The van der Waals surface area contributed by atoms with E-state index in [1.807, 2.05) is 30.3 Å². The van der Waals surface area contributed by atoms with Crippen LogP contribution in [0, 0.1) is 0 Å². The first-order valence-corrected chi connectivity index (χ1v) is 9.71. The SMILES string of the molecule is O=C1CCSc2ccc(C(=O)NC3CCN(c4ccccn4)C3)cc2N1. The van der Waals surface area contributed by atoms with Gasteiger partial charge in [0.1, 0.15) is 5.82 Å². The molecule has 0 saturated carbocycles. The first kappa shape index (κ1) is 16.9. The second-order valence-electron chi connectivity index (χ2n) is 6.45. The van der Waals surface area contributed by atoms with Crippen molar-refractivity contribution >= 4 is 35.1 Å². The molecule has 0 spiro atoms. The fourth-order valence-electron chi connectivity index (χ4n) is 3.26. The minimum atomic E-state index is -0.107. The number of hydrogen-bond acceptors (Lipinski definition) is 5. The Morgan fingerprint density at radius 2 is 2.23 bits per heavy atom. The minimum absolute atomic E-state index is 0.00407. The Morgan fingerprint density at radius 1 is 1.31 bits per heavy atom. The van der Waals surface area contributed by atoms with Crippen molar-refractivity contribution in [3.63, 3.8) is 0 Å². The van der Waals surface area contributed by atoms with Crippen LogP contribution in [0.4, 0.5) is 11.5 Å². The van der Waals surface area contributed by atoms with Gasteiger partial charge in [-0.3, -0.25) is 9.59 Å². The van der Waals surface area contributed by atoms with E-state index in [0.717, 1.165) is 41.7 Å². The molecule has 2 N–H and O–H groups in total. The standard InChI is InChI=1S/C19H20N4O2S/c24-18-7-10-26-16-5-4-13(11-15(16)22-18)19(25)21-14-6-9-23(12-14)17-3-1-2-8-20-17/h1-5,8,11,14H,6-7,9-10,12H2,(H,21,25)(H,22,24). The van der Waals surface area contributed by atoms with Crippen molar-refractivity contribution < 1.29 is 9.59 Å². The van der Waals surface area contributed by atoms with Crippen molar-refractivity contribution in [1.29, 1.82) is 0 Å². The lowest BCUT2D eigenvalue weighted by Crippen LogP contribution is -2.37. The number of nitrogens with zero attached hydrogens (tertiary/aromatic N) is 2. The normalized spacial score (nSPS) is 19.5. The minimum Gasteiger partial charge on any atom is -0.354 e. The van der Waals surface area contributed by atoms with Gasteiger partial charge in [-0.25, -0.2) is 4.98 Å². The summed E-state index contributed by atoms with van der Waals surface area (Å²) in [4.78, 5) is 31.9. The van der Waals surface area contributed by atoms with E-state index >= 15 is 0 Å². The molecule has 1 atom stereocenters. The predicted molar refractivity (Wildman–Crippen MR) is 103 cm³/mol. The Hall–Kier alpha value is -2.54. The van der Waals surface area contributed by atoms with Crippen LogP contribution in [-0.2, 0) is 4.79 Å². The van der Waals surface area contributed by atoms with E-state index in [1.54, 1.807) is 24.0 Å². The van der Waals surface area contributed by atoms with E-state index in [9.17, 15) is 9.59 Å². The van der Waals surface area contributed by atoms with Gasteiger partial charge in [0.25, 0.3) is 5.91 Å². The Labute approximate surface area is 156 Å². The van der Waals surface area contributed by atoms with E-state index in [4.69, 9.17) is 0 Å². The summed E-state index contributed by atoms with van der Waals surface area (Å²) in [5.41, 5.74) is 1.30. The molecule has 1 fully saturated rings. The van der Waals surface area contributed by atoms with Gasteiger partial charge in [0.05, 0.1) is 5.69 Å². The largest absolute Gasteiger partial charge is 0.354 e. The second kappa shape index (κ2) is 7.37. The summed E-state index contributed by atoms with van der Waals surface area (Å²) in [6.45, 7) is 1.62. The fourth-order valence-corrected chi connectivity index (χ4v) is 4.19. The third kappa shape index (κ3) is 3.67. The number of aromatic nitrogens is 1. The number of pyridine rings is 1. The summed E-state index contributed by atoms with van der Waals surface area (Å²) >= 11 is 1.64. The molecule has 26 heavy (non-hydrogen) atoms. The lowest BCUT2D eigenvalue weighted by Gasteiger charge is -2.18. The first-order valence-electron chi connectivity index (χ1n) is 8.72. The van der Waals surface area contributed by atoms with Crippen molar-refractivity contribution in [1.82, 2.24) is 10.3 Å². The third-order valence-corrected chi connectivity index (χ3v) is 5.67. The maximum atomic E-state index is 12.6. The zero-order valence-electron chi connectivity index (χ0n) is 14.3. The van der Waals surface area contributed by atoms with Gasteiger partial charge in [-0.15, -0.1) is 11.8 Å². The molecule has 4 rings (SSSR count). The molecule has 3 heterocycles. The van der Waals surface area contributed by atoms with E-state index in [-0.39, 0.29) is 17.9 Å². The predicted octanol–water partition coefficient (Wildman–Crippen LogP) is 2.52. The van der Waals surface area contributed by atoms with Gasteiger partial charge in [-0.2, -0.15) is 0 Å². The van der Waals surface area contributed by atoms with Gasteiger partial charge < -0.3 is 15.5 Å². The molecule has 134 valence electrons. The smallest absolute Gasteiger partial charge is 0.251 e. The molecule has 2 aliphatic heterocycles. The van der Waals surface area contributed by atoms with Crippen LogP contribution in [0.25, 0.3) is 0 Å². The maximum Gasteiger partial charge on any atom is 0.251 e. The van der Waals surface area contributed by atoms with Crippen molar-refractivity contribution in [3.05, 3.63) is 48.2 Å². The Bertz CT molecular complexity index is 828. The number of nitrogens with one attached hydrogen (secondary N) is 2. The zero-order valence-corrected chi connectivity index (χ0v) is 15.1. The molecule has 1 aromatic carbocycles. The summed E-state index contributed by atoms with van der Waals surface area (Å²) in [7, 11) is 0. The molecule has 1 saturated heterocycles. The lowest BCUT2D eigenvalue weighted by atomic mass is 10.1. The number of amides is 2. The van der Waals surface area contributed by atoms with Gasteiger partial charge in [0, 0.05) is 48.0 Å². The molecule has 1 aromatic heterocycles. The number of benzene rings is 1. The number of carbonyl (C=O) groups excluding carboxylic acids is 2. The van der Waals surface area contributed by atoms with Gasteiger partial charge in [0.15, 0.2) is 0 Å². The molecule has 0 bridgehead atoms. The molecule has 7 heteroatoms. The lowest BCUT2D eigenvalue weighted by molar-refractivity contribution is -0.115. The summed E-state index contributed by atoms with van der Waals surface area (Å²) < 4.78 is 0. The fraction of sp³-hybridized carbons (Fsp3) is 0.316. The number of fused-ring (bicyclic) bond motifs is 1. The van der Waals surface area contributed by atoms with Crippen molar-refractivity contribution in [2.24, 2.45) is 0 Å². The quantitative estimate of drug-likeness (QED) is 0.871. The summed E-state index contributed by atoms with van der Waals surface area (Å²) in [5, 5.41) is 5.98. The van der Waals surface area contributed by atoms with Gasteiger partial charge in [0.2, 0.25) is 5.91 Å². The van der Waals surface area contributed by atoms with Gasteiger partial charge in [-0.05, 0) is 36.8 Å². The van der Waals surface area contributed by atoms with Crippen LogP contribution in [0.3, 0.4) is 0 Å². The summed E-state index contributed by atoms with van der Waals surface area (Å²) in [6, 6.07) is 11.4. The molecule has 2 aromatic rings. The monoisotopic (exact) mass is 368 g/mol. The van der Waals surface area contributed by atoms with E-state index in [0.29, 0.717) is 12.0 Å². The topological polar surface area (TPSA) is 74.3 Å². The first-order chi connectivity index (χ1) is 12.7. The number of hydrogen-bond donors (Lipinski definition) is 2. The van der Waals surface area contributed by atoms with E-state index < -0.39 is 0 Å². The van der Waals surface area contributed by atoms with Crippen LogP contribution >= 0.6 is 11.8 Å². The third-order valence-electron chi connectivity index (χ3n) is 4.60. The Kier molecular flexibility index (Phi) is 4.79. The van der Waals surface area contributed by atoms with Crippen LogP contribution in [0.5, 0.6) is 0 Å². The average molecular weight is 368 g/mol. The van der Waals surface area contributed by atoms with Crippen LogP contribution in [0.2, 0.25) is 0 Å². The molecule has 2 aliphatic rings. The second-order valence-corrected chi connectivity index (χ2v) is 7.59. The molecule has 1 unspecified atom stereocenters. The zero-order chi connectivity index (χ0) is 17.9. The van der Waals surface area contributed by atoms with E-state index in [1.165, 1.54) is 0 Å². The highest BCUT2D eigenvalue weighted by atomic mass is 32.2. The number of anilines is 2. The molecular weight excluding hydrogens is 348 g/mol. The Morgan fingerprint density at radius 3 is 3.08 bits per heavy atom. The number of rotatable bonds is 3. The summed E-state index contributed by atoms with van der Waals surface area (Å²) in [5.74, 6) is 1.59. The van der Waals surface area contributed by atoms with Gasteiger partial charge >= 0.3 is 0 Å². The molecule has 0 aliphatic carbocycles. The average Bonchev–Trinajstić information content (AvgIpc) is 3.03. The van der Waals surface area contributed by atoms with Crippen LogP contribution in [-0.4, -0.2) is 41.7 Å². The highest BCUT2D eigenvalue weighted by Crippen LogP contribution is 2.31. The van der Waals surface area contributed by atoms with Gasteiger partial charge in [-0.1, -0.05) is 6.07 Å². The van der Waals surface area contributed by atoms with Crippen molar-refractivity contribution in [2.45, 2.75) is 23.8 Å². The molecule has 2 amide bonds. The summed E-state index contributed by atoms with van der Waals surface area (Å²) in [6.07, 6.45) is 3.16. The molecule has 6 nitrogen and oxygen atoms in total. The van der Waals surface area contributed by atoms with Crippen molar-refractivity contribution in [2.75, 3.05) is 29.1 Å². The number of carbonyl (C=O) groups is 2.